The molecule has 9 heavy (non-hydrogen) atoms. The highest BCUT2D eigenvalue weighted by atomic mass is 16.5. The number of hydrogen-bond acceptors (Lipinski definition) is 4. The molecule has 2 rings (SSSR count). The Morgan fingerprint density at radius 2 is 2.44 bits per heavy atom. The van der Waals surface area contributed by atoms with Gasteiger partial charge in [0.15, 0.2) is 0 Å². The van der Waals surface area contributed by atoms with Crippen LogP contribution in [0.25, 0.3) is 11.1 Å². The predicted molar refractivity (Wildman–Crippen MR) is 29.6 cm³/mol. The molecule has 0 fully saturated rings. The Morgan fingerprint density at radius 1 is 1.44 bits per heavy atom. The lowest BCUT2D eigenvalue weighted by Gasteiger charge is -1.76. The van der Waals surface area contributed by atoms with Crippen molar-refractivity contribution in [2.24, 2.45) is 0 Å². The normalized spacial score (nSPS) is 10.2. The average Bonchev–Trinajstić information content (AvgIpc) is 2.33. The van der Waals surface area contributed by atoms with E-state index < -0.39 is 0 Å². The minimum absolute atomic E-state index is 0.623. The summed E-state index contributed by atoms with van der Waals surface area (Å²) < 4.78 is 4.69. The first-order valence-electron chi connectivity index (χ1n) is 2.49. The van der Waals surface area contributed by atoms with Crippen molar-refractivity contribution in [2.75, 3.05) is 0 Å². The van der Waals surface area contributed by atoms with Crippen molar-refractivity contribution in [1.29, 1.82) is 0 Å². The quantitative estimate of drug-likeness (QED) is 0.512. The maximum absolute atomic E-state index is 4.69. The van der Waals surface area contributed by atoms with E-state index in [0.717, 1.165) is 5.52 Å². The van der Waals surface area contributed by atoms with E-state index in [1.807, 2.05) is 0 Å². The second-order valence-electron chi connectivity index (χ2n) is 1.62. The van der Waals surface area contributed by atoms with Crippen molar-refractivity contribution < 1.29 is 4.52 Å². The van der Waals surface area contributed by atoms with E-state index in [1.54, 1.807) is 18.5 Å². The Labute approximate surface area is 50.5 Å². The van der Waals surface area contributed by atoms with Gasteiger partial charge in [-0.2, -0.15) is 0 Å². The van der Waals surface area contributed by atoms with Crippen LogP contribution < -0.4 is 0 Å². The summed E-state index contributed by atoms with van der Waals surface area (Å²) in [7, 11) is 0. The van der Waals surface area contributed by atoms with Crippen LogP contribution in [0.5, 0.6) is 0 Å². The molecule has 0 saturated carbocycles. The standard InChI is InChI=1S/C5H3N3O/c1-2-6-3-5-4(1)7-8-9-5/h1-3H. The molecule has 0 N–H and O–H groups in total. The van der Waals surface area contributed by atoms with Gasteiger partial charge in [-0.15, -0.1) is 5.10 Å². The lowest BCUT2D eigenvalue weighted by Crippen LogP contribution is -1.68. The number of rotatable bonds is 0. The van der Waals surface area contributed by atoms with Crippen molar-refractivity contribution in [2.45, 2.75) is 0 Å². The van der Waals surface area contributed by atoms with Crippen molar-refractivity contribution in [3.05, 3.63) is 18.5 Å². The highest BCUT2D eigenvalue weighted by Gasteiger charge is 1.94. The zero-order chi connectivity index (χ0) is 6.10. The highest BCUT2D eigenvalue weighted by Crippen LogP contribution is 2.04. The van der Waals surface area contributed by atoms with Gasteiger partial charge in [0.25, 0.3) is 0 Å². The monoisotopic (exact) mass is 121 g/mol. The maximum atomic E-state index is 4.69. The van der Waals surface area contributed by atoms with Crippen molar-refractivity contribution >= 4 is 11.1 Å². The van der Waals surface area contributed by atoms with Crippen LogP contribution in [0.15, 0.2) is 23.0 Å². The van der Waals surface area contributed by atoms with E-state index in [9.17, 15) is 0 Å². The summed E-state index contributed by atoms with van der Waals surface area (Å²) >= 11 is 0. The Hall–Kier alpha value is -1.45. The van der Waals surface area contributed by atoms with Crippen molar-refractivity contribution in [1.82, 2.24) is 15.4 Å². The lowest BCUT2D eigenvalue weighted by molar-refractivity contribution is 0.423. The molecule has 0 aliphatic rings. The van der Waals surface area contributed by atoms with Crippen molar-refractivity contribution in [3.8, 4) is 0 Å². The summed E-state index contributed by atoms with van der Waals surface area (Å²) in [6.45, 7) is 0. The number of nitrogens with zero attached hydrogens (tertiary/aromatic N) is 3. The van der Waals surface area contributed by atoms with Crippen LogP contribution in [-0.2, 0) is 0 Å². The van der Waals surface area contributed by atoms with Gasteiger partial charge in [0.1, 0.15) is 5.52 Å². The minimum atomic E-state index is 0.623. The summed E-state index contributed by atoms with van der Waals surface area (Å²) in [5, 5.41) is 7.00. The molecule has 0 amide bonds. The molecule has 2 aromatic heterocycles. The van der Waals surface area contributed by atoms with E-state index in [1.165, 1.54) is 0 Å². The molecule has 0 aromatic carbocycles. The van der Waals surface area contributed by atoms with Gasteiger partial charge in [0, 0.05) is 11.5 Å². The van der Waals surface area contributed by atoms with Crippen molar-refractivity contribution in [3.63, 3.8) is 0 Å². The van der Waals surface area contributed by atoms with Crippen LogP contribution in [0.1, 0.15) is 0 Å². The number of fused-ring (bicyclic) bond motifs is 1. The fourth-order valence-corrected chi connectivity index (χ4v) is 0.634. The third-order valence-electron chi connectivity index (χ3n) is 1.05. The van der Waals surface area contributed by atoms with E-state index in [4.69, 9.17) is 4.52 Å². The highest BCUT2D eigenvalue weighted by molar-refractivity contribution is 5.69. The Balaban J connectivity index is 2.95. The van der Waals surface area contributed by atoms with Gasteiger partial charge in [0.2, 0.25) is 5.58 Å². The summed E-state index contributed by atoms with van der Waals surface area (Å²) in [5.41, 5.74) is 1.36. The molecule has 0 bridgehead atoms. The molecular weight excluding hydrogens is 118 g/mol. The third-order valence-corrected chi connectivity index (χ3v) is 1.05. The molecule has 0 aliphatic heterocycles. The largest absolute Gasteiger partial charge is 0.335 e. The van der Waals surface area contributed by atoms with Crippen LogP contribution >= 0.6 is 0 Å². The number of hydrogen-bond donors (Lipinski definition) is 0. The molecule has 0 unspecified atom stereocenters. The average molecular weight is 121 g/mol. The molecule has 0 atom stereocenters. The van der Waals surface area contributed by atoms with E-state index in [2.05, 4.69) is 15.4 Å². The smallest absolute Gasteiger partial charge is 0.205 e. The van der Waals surface area contributed by atoms with Gasteiger partial charge >= 0.3 is 0 Å². The lowest BCUT2D eigenvalue weighted by atomic mass is 10.4. The second kappa shape index (κ2) is 1.51. The SMILES string of the molecule is c1cc2nnoc2cn1. The Bertz CT molecular complexity index is 286. The summed E-state index contributed by atoms with van der Waals surface area (Å²) in [6.07, 6.45) is 3.22. The van der Waals surface area contributed by atoms with Crippen LogP contribution in [0.3, 0.4) is 0 Å². The molecule has 0 radical (unpaired) electrons. The molecule has 2 heterocycles. The molecule has 4 nitrogen and oxygen atoms in total. The zero-order valence-corrected chi connectivity index (χ0v) is 4.48. The van der Waals surface area contributed by atoms with Crippen LogP contribution in [-0.4, -0.2) is 15.4 Å². The van der Waals surface area contributed by atoms with Gasteiger partial charge in [-0.25, -0.2) is 0 Å². The zero-order valence-electron chi connectivity index (χ0n) is 4.48. The maximum Gasteiger partial charge on any atom is 0.205 e. The van der Waals surface area contributed by atoms with Gasteiger partial charge in [-0.3, -0.25) is 4.98 Å². The Kier molecular flexibility index (Phi) is 0.745. The van der Waals surface area contributed by atoms with Crippen LogP contribution in [0.2, 0.25) is 0 Å². The van der Waals surface area contributed by atoms with E-state index in [-0.39, 0.29) is 0 Å². The summed E-state index contributed by atoms with van der Waals surface area (Å²) in [4.78, 5) is 3.81. The predicted octanol–water partition coefficient (Wildman–Crippen LogP) is 0.618. The van der Waals surface area contributed by atoms with Gasteiger partial charge < -0.3 is 4.52 Å². The second-order valence-corrected chi connectivity index (χ2v) is 1.62. The summed E-state index contributed by atoms with van der Waals surface area (Å²) in [5.74, 6) is 0. The van der Waals surface area contributed by atoms with E-state index >= 15 is 0 Å². The topological polar surface area (TPSA) is 51.8 Å². The first-order chi connectivity index (χ1) is 4.47. The molecule has 2 aromatic rings. The molecular formula is C5H3N3O. The van der Waals surface area contributed by atoms with E-state index in [0.29, 0.717) is 5.58 Å². The third kappa shape index (κ3) is 0.561. The molecule has 44 valence electrons. The van der Waals surface area contributed by atoms with Gasteiger partial charge in [-0.05, 0) is 6.07 Å². The molecule has 0 aliphatic carbocycles. The number of aromatic nitrogens is 3. The van der Waals surface area contributed by atoms with Gasteiger partial charge in [-0.1, -0.05) is 0 Å². The first-order valence-corrected chi connectivity index (χ1v) is 2.49. The minimum Gasteiger partial charge on any atom is -0.335 e. The molecule has 0 spiro atoms. The number of pyridine rings is 1. The fraction of sp³-hybridized carbons (Fsp3) is 0. The van der Waals surface area contributed by atoms with Crippen LogP contribution in [0, 0.1) is 0 Å². The molecule has 0 saturated heterocycles. The first kappa shape index (κ1) is 4.43. The van der Waals surface area contributed by atoms with Gasteiger partial charge in [0.05, 0.1) is 6.20 Å². The summed E-state index contributed by atoms with van der Waals surface area (Å²) in [6, 6.07) is 1.74. The Morgan fingerprint density at radius 3 is 3.33 bits per heavy atom. The van der Waals surface area contributed by atoms with Crippen LogP contribution in [0.4, 0.5) is 0 Å². The molecule has 4 heteroatoms. The fourth-order valence-electron chi connectivity index (χ4n) is 0.634.